The number of hydrogen-bond acceptors (Lipinski definition) is 5. The van der Waals surface area contributed by atoms with Crippen LogP contribution in [0.25, 0.3) is 0 Å². The highest BCUT2D eigenvalue weighted by molar-refractivity contribution is 5.70. The van der Waals surface area contributed by atoms with Gasteiger partial charge in [0, 0.05) is 32.2 Å². The second-order valence-corrected chi connectivity index (χ2v) is 4.70. The minimum absolute atomic E-state index is 0.0682. The number of hydrogen-bond donors (Lipinski definition) is 0. The fourth-order valence-electron chi connectivity index (χ4n) is 2.21. The van der Waals surface area contributed by atoms with E-state index in [9.17, 15) is 4.79 Å². The lowest BCUT2D eigenvalue weighted by molar-refractivity contribution is -0.148. The molecule has 1 aliphatic heterocycles. The molecule has 1 saturated heterocycles. The molecule has 0 radical (unpaired) electrons. The van der Waals surface area contributed by atoms with Gasteiger partial charge in [-0.05, 0) is 20.4 Å². The molecule has 1 fully saturated rings. The van der Waals surface area contributed by atoms with Gasteiger partial charge in [-0.15, -0.1) is 0 Å². The summed E-state index contributed by atoms with van der Waals surface area (Å²) in [5.41, 5.74) is 0. The maximum Gasteiger partial charge on any atom is 0.332 e. The number of nitrogens with zero attached hydrogens (tertiary/aromatic N) is 2. The lowest BCUT2D eigenvalue weighted by Gasteiger charge is -2.39. The van der Waals surface area contributed by atoms with E-state index >= 15 is 0 Å². The van der Waals surface area contributed by atoms with E-state index in [1.165, 1.54) is 6.42 Å². The molecule has 0 aliphatic carbocycles. The van der Waals surface area contributed by atoms with Crippen molar-refractivity contribution in [2.24, 2.45) is 0 Å². The van der Waals surface area contributed by atoms with Crippen LogP contribution >= 0.6 is 0 Å². The summed E-state index contributed by atoms with van der Waals surface area (Å²) in [6, 6.07) is 0.642. The molecule has 0 aromatic rings. The first-order valence-electron chi connectivity index (χ1n) is 6.83. The zero-order valence-corrected chi connectivity index (χ0v) is 11.9. The van der Waals surface area contributed by atoms with Crippen molar-refractivity contribution in [2.75, 3.05) is 53.0 Å². The Bertz CT molecular complexity index is 248. The van der Waals surface area contributed by atoms with Gasteiger partial charge in [0.05, 0.1) is 13.2 Å². The molecular weight excluding hydrogens is 232 g/mol. The Morgan fingerprint density at radius 1 is 1.33 bits per heavy atom. The fourth-order valence-corrected chi connectivity index (χ4v) is 2.21. The van der Waals surface area contributed by atoms with Crippen molar-refractivity contribution in [3.8, 4) is 0 Å². The minimum Gasteiger partial charge on any atom is -0.464 e. The van der Waals surface area contributed by atoms with Gasteiger partial charge in [-0.3, -0.25) is 4.90 Å². The molecule has 1 rings (SSSR count). The third kappa shape index (κ3) is 5.33. The summed E-state index contributed by atoms with van der Waals surface area (Å²) in [7, 11) is 2.18. The Morgan fingerprint density at radius 2 is 2.11 bits per heavy atom. The number of esters is 1. The third-order valence-corrected chi connectivity index (χ3v) is 3.41. The zero-order chi connectivity index (χ0) is 13.4. The predicted molar refractivity (Wildman–Crippen MR) is 70.6 cm³/mol. The Hall–Kier alpha value is -0.650. The van der Waals surface area contributed by atoms with E-state index in [-0.39, 0.29) is 12.6 Å². The largest absolute Gasteiger partial charge is 0.464 e. The smallest absolute Gasteiger partial charge is 0.332 e. The fraction of sp³-hybridized carbons (Fsp3) is 0.923. The SMILES string of the molecule is CCOC(=O)COCCN1CCN(C)C(CC)C1. The Labute approximate surface area is 110 Å². The number of carbonyl (C=O) groups is 1. The van der Waals surface area contributed by atoms with E-state index in [0.29, 0.717) is 19.3 Å². The van der Waals surface area contributed by atoms with Crippen molar-refractivity contribution in [3.05, 3.63) is 0 Å². The van der Waals surface area contributed by atoms with E-state index in [4.69, 9.17) is 9.47 Å². The van der Waals surface area contributed by atoms with Crippen LogP contribution in [0.1, 0.15) is 20.3 Å². The molecular formula is C13H26N2O3. The average Bonchev–Trinajstić information content (AvgIpc) is 2.37. The van der Waals surface area contributed by atoms with Crippen LogP contribution in [0.3, 0.4) is 0 Å². The van der Waals surface area contributed by atoms with Crippen LogP contribution in [0.15, 0.2) is 0 Å². The summed E-state index contributed by atoms with van der Waals surface area (Å²) in [6.45, 7) is 9.27. The Balaban J connectivity index is 2.10. The van der Waals surface area contributed by atoms with Crippen LogP contribution in [0, 0.1) is 0 Å². The molecule has 106 valence electrons. The van der Waals surface area contributed by atoms with E-state index in [2.05, 4.69) is 23.8 Å². The van der Waals surface area contributed by atoms with Crippen LogP contribution in [0.5, 0.6) is 0 Å². The summed E-state index contributed by atoms with van der Waals surface area (Å²) in [6.07, 6.45) is 1.18. The van der Waals surface area contributed by atoms with Gasteiger partial charge in [-0.25, -0.2) is 4.79 Å². The molecule has 0 amide bonds. The monoisotopic (exact) mass is 258 g/mol. The molecule has 1 aliphatic rings. The minimum atomic E-state index is -0.276. The van der Waals surface area contributed by atoms with Gasteiger partial charge < -0.3 is 14.4 Å². The van der Waals surface area contributed by atoms with Gasteiger partial charge in [-0.1, -0.05) is 6.92 Å². The van der Waals surface area contributed by atoms with Gasteiger partial charge in [-0.2, -0.15) is 0 Å². The van der Waals surface area contributed by atoms with E-state index < -0.39 is 0 Å². The van der Waals surface area contributed by atoms with Crippen LogP contribution < -0.4 is 0 Å². The van der Waals surface area contributed by atoms with Crippen molar-refractivity contribution < 1.29 is 14.3 Å². The molecule has 5 heteroatoms. The van der Waals surface area contributed by atoms with Crippen molar-refractivity contribution in [3.63, 3.8) is 0 Å². The maximum absolute atomic E-state index is 11.1. The lowest BCUT2D eigenvalue weighted by atomic mass is 10.1. The van der Waals surface area contributed by atoms with E-state index in [0.717, 1.165) is 26.2 Å². The van der Waals surface area contributed by atoms with Crippen LogP contribution in [-0.2, 0) is 14.3 Å². The van der Waals surface area contributed by atoms with Crippen LogP contribution in [0.4, 0.5) is 0 Å². The van der Waals surface area contributed by atoms with Crippen molar-refractivity contribution >= 4 is 5.97 Å². The predicted octanol–water partition coefficient (Wildman–Crippen LogP) is 0.592. The second-order valence-electron chi connectivity index (χ2n) is 4.70. The third-order valence-electron chi connectivity index (χ3n) is 3.41. The Kier molecular flexibility index (Phi) is 7.23. The number of ether oxygens (including phenoxy) is 2. The molecule has 1 atom stereocenters. The molecule has 1 heterocycles. The molecule has 5 nitrogen and oxygen atoms in total. The summed E-state index contributed by atoms with van der Waals surface area (Å²) < 4.78 is 10.1. The first-order chi connectivity index (χ1) is 8.67. The second kappa shape index (κ2) is 8.45. The molecule has 0 N–H and O–H groups in total. The standard InChI is InChI=1S/C13H26N2O3/c1-4-12-10-15(7-6-14(12)3)8-9-17-11-13(16)18-5-2/h12H,4-11H2,1-3H3. The molecule has 0 aromatic heterocycles. The quantitative estimate of drug-likeness (QED) is 0.494. The van der Waals surface area contributed by atoms with E-state index in [1.54, 1.807) is 6.92 Å². The first-order valence-corrected chi connectivity index (χ1v) is 6.83. The number of carbonyl (C=O) groups excluding carboxylic acids is 1. The van der Waals surface area contributed by atoms with Crippen molar-refractivity contribution in [1.29, 1.82) is 0 Å². The molecule has 0 saturated carbocycles. The summed E-state index contributed by atoms with van der Waals surface area (Å²) in [5, 5.41) is 0. The van der Waals surface area contributed by atoms with Gasteiger partial charge in [0.1, 0.15) is 6.61 Å². The van der Waals surface area contributed by atoms with Gasteiger partial charge in [0.25, 0.3) is 0 Å². The summed E-state index contributed by atoms with van der Waals surface area (Å²) >= 11 is 0. The maximum atomic E-state index is 11.1. The molecule has 0 spiro atoms. The van der Waals surface area contributed by atoms with Crippen molar-refractivity contribution in [2.45, 2.75) is 26.3 Å². The molecule has 1 unspecified atom stereocenters. The van der Waals surface area contributed by atoms with Gasteiger partial charge in [0.2, 0.25) is 0 Å². The molecule has 0 aromatic carbocycles. The zero-order valence-electron chi connectivity index (χ0n) is 11.9. The first kappa shape index (κ1) is 15.4. The highest BCUT2D eigenvalue weighted by Crippen LogP contribution is 2.09. The topological polar surface area (TPSA) is 42.0 Å². The normalized spacial score (nSPS) is 22.1. The lowest BCUT2D eigenvalue weighted by Crippen LogP contribution is -2.51. The van der Waals surface area contributed by atoms with Gasteiger partial charge >= 0.3 is 5.97 Å². The highest BCUT2D eigenvalue weighted by Gasteiger charge is 2.22. The summed E-state index contributed by atoms with van der Waals surface area (Å²) in [4.78, 5) is 15.9. The highest BCUT2D eigenvalue weighted by atomic mass is 16.6. The Morgan fingerprint density at radius 3 is 2.78 bits per heavy atom. The average molecular weight is 258 g/mol. The van der Waals surface area contributed by atoms with Crippen LogP contribution in [0.2, 0.25) is 0 Å². The van der Waals surface area contributed by atoms with Gasteiger partial charge in [0.15, 0.2) is 0 Å². The number of piperazine rings is 1. The van der Waals surface area contributed by atoms with E-state index in [1.807, 2.05) is 0 Å². The summed E-state index contributed by atoms with van der Waals surface area (Å²) in [5.74, 6) is -0.276. The number of rotatable bonds is 7. The molecule has 0 bridgehead atoms. The van der Waals surface area contributed by atoms with Crippen LogP contribution in [-0.4, -0.2) is 74.9 Å². The number of likely N-dealkylation sites (N-methyl/N-ethyl adjacent to an activating group) is 1. The van der Waals surface area contributed by atoms with Crippen molar-refractivity contribution in [1.82, 2.24) is 9.80 Å². The molecule has 18 heavy (non-hydrogen) atoms.